The molecule has 2 aromatic rings. The molecule has 0 aliphatic heterocycles. The summed E-state index contributed by atoms with van der Waals surface area (Å²) in [5.74, 6) is 7.88. The van der Waals surface area contributed by atoms with Crippen LogP contribution in [0.3, 0.4) is 0 Å². The molecular formula is C25H19F4NS. The Morgan fingerprint density at radius 3 is 1.94 bits per heavy atom. The Morgan fingerprint density at radius 1 is 0.839 bits per heavy atom. The number of isothiocyanates is 1. The highest BCUT2D eigenvalue weighted by Crippen LogP contribution is 2.30. The Kier molecular flexibility index (Phi) is 7.64. The summed E-state index contributed by atoms with van der Waals surface area (Å²) in [7, 11) is 0. The predicted octanol–water partition coefficient (Wildman–Crippen LogP) is 6.95. The van der Waals surface area contributed by atoms with E-state index in [1.54, 1.807) is 0 Å². The summed E-state index contributed by atoms with van der Waals surface area (Å²) < 4.78 is 56.5. The normalized spacial score (nSPS) is 17.6. The first-order valence-corrected chi connectivity index (χ1v) is 10.4. The third-order valence-electron chi connectivity index (χ3n) is 5.39. The fourth-order valence-corrected chi connectivity index (χ4v) is 3.68. The molecule has 6 heteroatoms. The van der Waals surface area contributed by atoms with E-state index in [1.807, 2.05) is 5.16 Å². The first-order valence-electron chi connectivity index (χ1n) is 10.0. The van der Waals surface area contributed by atoms with Crippen molar-refractivity contribution in [3.63, 3.8) is 0 Å². The lowest BCUT2D eigenvalue weighted by atomic mass is 9.81. The molecule has 0 atom stereocenters. The first kappa shape index (κ1) is 22.8. The van der Waals surface area contributed by atoms with Crippen LogP contribution >= 0.6 is 12.2 Å². The lowest BCUT2D eigenvalue weighted by Crippen LogP contribution is -2.12. The standard InChI is InChI=1S/C25H19F4NS/c1-2-16-3-5-17(6-4-16)7-8-18-11-21(26)20(22(27)12-18)10-9-19-13-23(28)25(30-15-31)24(29)14-19/h11-14,16-17H,2-6H2,1H3. The molecule has 0 bridgehead atoms. The lowest BCUT2D eigenvalue weighted by Gasteiger charge is -2.24. The summed E-state index contributed by atoms with van der Waals surface area (Å²) in [4.78, 5) is 3.30. The average Bonchev–Trinajstić information content (AvgIpc) is 2.74. The molecule has 1 fully saturated rings. The monoisotopic (exact) mass is 441 g/mol. The van der Waals surface area contributed by atoms with Crippen molar-refractivity contribution < 1.29 is 17.6 Å². The molecule has 31 heavy (non-hydrogen) atoms. The molecular weight excluding hydrogens is 422 g/mol. The van der Waals surface area contributed by atoms with E-state index in [-0.39, 0.29) is 17.0 Å². The summed E-state index contributed by atoms with van der Waals surface area (Å²) in [5.41, 5.74) is -0.943. The second-order valence-corrected chi connectivity index (χ2v) is 7.63. The number of aliphatic imine (C=N–C) groups is 1. The van der Waals surface area contributed by atoms with Gasteiger partial charge < -0.3 is 0 Å². The SMILES string of the molecule is CCC1CCC(C#Cc2cc(F)c(C#Cc3cc(F)c(N=C=S)c(F)c3)c(F)c2)CC1. The molecule has 0 radical (unpaired) electrons. The zero-order valence-electron chi connectivity index (χ0n) is 16.9. The maximum atomic E-state index is 14.4. The van der Waals surface area contributed by atoms with Crippen LogP contribution < -0.4 is 0 Å². The van der Waals surface area contributed by atoms with E-state index in [9.17, 15) is 17.6 Å². The Hall–Kier alpha value is -2.92. The van der Waals surface area contributed by atoms with Gasteiger partial charge >= 0.3 is 0 Å². The van der Waals surface area contributed by atoms with Crippen LogP contribution in [0.25, 0.3) is 0 Å². The van der Waals surface area contributed by atoms with E-state index in [0.717, 1.165) is 55.9 Å². The number of rotatable bonds is 2. The molecule has 3 rings (SSSR count). The third-order valence-corrected chi connectivity index (χ3v) is 5.48. The van der Waals surface area contributed by atoms with E-state index >= 15 is 0 Å². The zero-order chi connectivity index (χ0) is 22.4. The van der Waals surface area contributed by atoms with E-state index in [4.69, 9.17) is 0 Å². The first-order chi connectivity index (χ1) is 14.9. The van der Waals surface area contributed by atoms with Gasteiger partial charge in [0.25, 0.3) is 0 Å². The van der Waals surface area contributed by atoms with Crippen LogP contribution in [0.4, 0.5) is 23.2 Å². The van der Waals surface area contributed by atoms with Gasteiger partial charge in [0.15, 0.2) is 11.6 Å². The van der Waals surface area contributed by atoms with Crippen molar-refractivity contribution in [3.8, 4) is 23.7 Å². The van der Waals surface area contributed by atoms with Crippen molar-refractivity contribution in [2.75, 3.05) is 0 Å². The molecule has 0 spiro atoms. The quantitative estimate of drug-likeness (QED) is 0.213. The van der Waals surface area contributed by atoms with Gasteiger partial charge in [0.2, 0.25) is 0 Å². The van der Waals surface area contributed by atoms with Crippen LogP contribution in [-0.2, 0) is 0 Å². The van der Waals surface area contributed by atoms with E-state index < -0.39 is 34.5 Å². The molecule has 0 unspecified atom stereocenters. The molecule has 0 heterocycles. The average molecular weight is 441 g/mol. The third kappa shape index (κ3) is 5.82. The van der Waals surface area contributed by atoms with Gasteiger partial charge in [0.05, 0.1) is 10.7 Å². The van der Waals surface area contributed by atoms with Crippen LogP contribution in [-0.4, -0.2) is 5.16 Å². The van der Waals surface area contributed by atoms with E-state index in [2.05, 4.69) is 47.8 Å². The van der Waals surface area contributed by atoms with Crippen molar-refractivity contribution in [3.05, 3.63) is 64.2 Å². The topological polar surface area (TPSA) is 12.4 Å². The van der Waals surface area contributed by atoms with Crippen molar-refractivity contribution >= 4 is 23.1 Å². The van der Waals surface area contributed by atoms with E-state index in [1.165, 1.54) is 6.42 Å². The van der Waals surface area contributed by atoms with Gasteiger partial charge in [-0.2, -0.15) is 4.99 Å². The molecule has 158 valence electrons. The maximum absolute atomic E-state index is 14.4. The Labute approximate surface area is 184 Å². The Morgan fingerprint density at radius 2 is 1.39 bits per heavy atom. The molecule has 0 amide bonds. The second-order valence-electron chi connectivity index (χ2n) is 7.45. The molecule has 1 aliphatic rings. The predicted molar refractivity (Wildman–Crippen MR) is 116 cm³/mol. The van der Waals surface area contributed by atoms with Gasteiger partial charge in [-0.15, -0.1) is 0 Å². The highest BCUT2D eigenvalue weighted by atomic mass is 32.1. The molecule has 0 aromatic heterocycles. The van der Waals surface area contributed by atoms with E-state index in [0.29, 0.717) is 0 Å². The molecule has 1 nitrogen and oxygen atoms in total. The van der Waals surface area contributed by atoms with Crippen LogP contribution in [0.5, 0.6) is 0 Å². The number of halogens is 4. The molecule has 1 saturated carbocycles. The largest absolute Gasteiger partial charge is 0.205 e. The van der Waals surface area contributed by atoms with Gasteiger partial charge in [-0.3, -0.25) is 0 Å². The Bertz CT molecular complexity index is 1110. The summed E-state index contributed by atoms with van der Waals surface area (Å²) >= 11 is 4.33. The molecule has 1 aliphatic carbocycles. The zero-order valence-corrected chi connectivity index (χ0v) is 17.7. The summed E-state index contributed by atoms with van der Waals surface area (Å²) in [6, 6.07) is 4.06. The molecule has 0 N–H and O–H groups in total. The summed E-state index contributed by atoms with van der Waals surface area (Å²) in [6.07, 6.45) is 5.44. The van der Waals surface area contributed by atoms with Gasteiger partial charge in [0, 0.05) is 17.0 Å². The van der Waals surface area contributed by atoms with Gasteiger partial charge in [-0.1, -0.05) is 37.0 Å². The smallest absolute Gasteiger partial charge is 0.153 e. The van der Waals surface area contributed by atoms with Crippen LogP contribution in [0, 0.1) is 58.8 Å². The summed E-state index contributed by atoms with van der Waals surface area (Å²) in [6.45, 7) is 2.19. The van der Waals surface area contributed by atoms with Gasteiger partial charge in [-0.05, 0) is 68.1 Å². The van der Waals surface area contributed by atoms with Crippen LogP contribution in [0.15, 0.2) is 29.3 Å². The minimum Gasteiger partial charge on any atom is -0.205 e. The maximum Gasteiger partial charge on any atom is 0.153 e. The second kappa shape index (κ2) is 10.4. The van der Waals surface area contributed by atoms with Crippen LogP contribution in [0.2, 0.25) is 0 Å². The number of hydrogen-bond donors (Lipinski definition) is 0. The van der Waals surface area contributed by atoms with Crippen molar-refractivity contribution in [1.29, 1.82) is 0 Å². The molecule has 2 aromatic carbocycles. The number of benzene rings is 2. The molecule has 0 saturated heterocycles. The fraction of sp³-hybridized carbons (Fsp3) is 0.320. The highest BCUT2D eigenvalue weighted by Gasteiger charge is 2.18. The number of nitrogens with zero attached hydrogens (tertiary/aromatic N) is 1. The lowest BCUT2D eigenvalue weighted by molar-refractivity contribution is 0.309. The fourth-order valence-electron chi connectivity index (χ4n) is 3.59. The van der Waals surface area contributed by atoms with Crippen molar-refractivity contribution in [2.24, 2.45) is 16.8 Å². The Balaban J connectivity index is 1.80. The number of thiocarbonyl (C=S) groups is 1. The van der Waals surface area contributed by atoms with Crippen LogP contribution in [0.1, 0.15) is 55.7 Å². The number of hydrogen-bond acceptors (Lipinski definition) is 2. The van der Waals surface area contributed by atoms with Gasteiger partial charge in [-0.25, -0.2) is 17.6 Å². The van der Waals surface area contributed by atoms with Crippen molar-refractivity contribution in [2.45, 2.75) is 39.0 Å². The highest BCUT2D eigenvalue weighted by molar-refractivity contribution is 7.78. The van der Waals surface area contributed by atoms with Gasteiger partial charge in [0.1, 0.15) is 17.3 Å². The summed E-state index contributed by atoms with van der Waals surface area (Å²) in [5, 5.41) is 1.88. The minimum atomic E-state index is -0.999. The minimum absolute atomic E-state index is 0.0938. The van der Waals surface area contributed by atoms with Crippen molar-refractivity contribution in [1.82, 2.24) is 0 Å².